The first kappa shape index (κ1) is 12.5. The van der Waals surface area contributed by atoms with Gasteiger partial charge in [0.05, 0.1) is 0 Å². The van der Waals surface area contributed by atoms with E-state index in [2.05, 4.69) is 0 Å². The molecule has 0 unspecified atom stereocenters. The Kier molecular flexibility index (Phi) is 3.85. The SMILES string of the molecule is C[C@H](N)c1ccccc1OCc1cccc(O)c1. The van der Waals surface area contributed by atoms with Gasteiger partial charge in [0.2, 0.25) is 0 Å². The highest BCUT2D eigenvalue weighted by atomic mass is 16.5. The smallest absolute Gasteiger partial charge is 0.124 e. The van der Waals surface area contributed by atoms with Crippen LogP contribution in [0.2, 0.25) is 0 Å². The fraction of sp³-hybridized carbons (Fsp3) is 0.200. The zero-order valence-corrected chi connectivity index (χ0v) is 10.3. The summed E-state index contributed by atoms with van der Waals surface area (Å²) in [6.45, 7) is 2.34. The Morgan fingerprint density at radius 2 is 1.94 bits per heavy atom. The van der Waals surface area contributed by atoms with Crippen molar-refractivity contribution in [3.05, 3.63) is 59.7 Å². The van der Waals surface area contributed by atoms with E-state index < -0.39 is 0 Å². The summed E-state index contributed by atoms with van der Waals surface area (Å²) >= 11 is 0. The number of ether oxygens (including phenoxy) is 1. The van der Waals surface area contributed by atoms with Gasteiger partial charge in [0.1, 0.15) is 18.1 Å². The molecule has 3 N–H and O–H groups in total. The molecule has 3 heteroatoms. The molecular weight excluding hydrogens is 226 g/mol. The molecule has 18 heavy (non-hydrogen) atoms. The minimum absolute atomic E-state index is 0.0645. The topological polar surface area (TPSA) is 55.5 Å². The lowest BCUT2D eigenvalue weighted by molar-refractivity contribution is 0.301. The van der Waals surface area contributed by atoms with E-state index >= 15 is 0 Å². The summed E-state index contributed by atoms with van der Waals surface area (Å²) in [7, 11) is 0. The highest BCUT2D eigenvalue weighted by Crippen LogP contribution is 2.24. The second kappa shape index (κ2) is 5.56. The molecule has 0 saturated heterocycles. The lowest BCUT2D eigenvalue weighted by Crippen LogP contribution is -2.07. The Morgan fingerprint density at radius 3 is 2.67 bits per heavy atom. The van der Waals surface area contributed by atoms with Crippen molar-refractivity contribution in [3.63, 3.8) is 0 Å². The van der Waals surface area contributed by atoms with E-state index in [1.54, 1.807) is 18.2 Å². The molecule has 0 aliphatic rings. The second-order valence-corrected chi connectivity index (χ2v) is 4.29. The van der Waals surface area contributed by atoms with Gasteiger partial charge in [-0.3, -0.25) is 0 Å². The molecule has 0 spiro atoms. The summed E-state index contributed by atoms with van der Waals surface area (Å²) in [4.78, 5) is 0. The number of benzene rings is 2. The Balaban J connectivity index is 2.11. The lowest BCUT2D eigenvalue weighted by Gasteiger charge is -2.13. The van der Waals surface area contributed by atoms with Gasteiger partial charge in [-0.2, -0.15) is 0 Å². The Hall–Kier alpha value is -2.00. The quantitative estimate of drug-likeness (QED) is 0.868. The largest absolute Gasteiger partial charge is 0.508 e. The van der Waals surface area contributed by atoms with Gasteiger partial charge in [-0.15, -0.1) is 0 Å². The van der Waals surface area contributed by atoms with E-state index in [9.17, 15) is 5.11 Å². The third-order valence-electron chi connectivity index (χ3n) is 2.71. The molecule has 0 saturated carbocycles. The second-order valence-electron chi connectivity index (χ2n) is 4.29. The zero-order chi connectivity index (χ0) is 13.0. The van der Waals surface area contributed by atoms with E-state index in [0.717, 1.165) is 16.9 Å². The van der Waals surface area contributed by atoms with Crippen LogP contribution in [0.4, 0.5) is 0 Å². The van der Waals surface area contributed by atoms with Crippen LogP contribution < -0.4 is 10.5 Å². The molecule has 0 heterocycles. The monoisotopic (exact) mass is 243 g/mol. The Bertz CT molecular complexity index is 523. The van der Waals surface area contributed by atoms with Gasteiger partial charge in [0.25, 0.3) is 0 Å². The van der Waals surface area contributed by atoms with Crippen molar-refractivity contribution >= 4 is 0 Å². The van der Waals surface area contributed by atoms with E-state index in [4.69, 9.17) is 10.5 Å². The fourth-order valence-corrected chi connectivity index (χ4v) is 1.80. The summed E-state index contributed by atoms with van der Waals surface area (Å²) in [6.07, 6.45) is 0. The van der Waals surface area contributed by atoms with Crippen LogP contribution in [-0.4, -0.2) is 5.11 Å². The zero-order valence-electron chi connectivity index (χ0n) is 10.3. The van der Waals surface area contributed by atoms with Crippen molar-refractivity contribution in [2.24, 2.45) is 5.73 Å². The third-order valence-corrected chi connectivity index (χ3v) is 2.71. The molecule has 0 aliphatic carbocycles. The summed E-state index contributed by atoms with van der Waals surface area (Å²) in [5.74, 6) is 1.03. The third kappa shape index (κ3) is 3.02. The van der Waals surface area contributed by atoms with Crippen molar-refractivity contribution in [2.75, 3.05) is 0 Å². The standard InChI is InChI=1S/C15H17NO2/c1-11(16)14-7-2-3-8-15(14)18-10-12-5-4-6-13(17)9-12/h2-9,11,17H,10,16H2,1H3/t11-/m0/s1. The van der Waals surface area contributed by atoms with Crippen LogP contribution >= 0.6 is 0 Å². The molecule has 0 aliphatic heterocycles. The van der Waals surface area contributed by atoms with Crippen LogP contribution in [0.5, 0.6) is 11.5 Å². The van der Waals surface area contributed by atoms with Gasteiger partial charge in [0, 0.05) is 11.6 Å². The van der Waals surface area contributed by atoms with Crippen molar-refractivity contribution in [3.8, 4) is 11.5 Å². The summed E-state index contributed by atoms with van der Waals surface area (Å²) < 4.78 is 5.75. The molecule has 0 radical (unpaired) electrons. The number of rotatable bonds is 4. The fourth-order valence-electron chi connectivity index (χ4n) is 1.80. The number of phenols is 1. The predicted octanol–water partition coefficient (Wildman–Crippen LogP) is 2.99. The predicted molar refractivity (Wildman–Crippen MR) is 71.5 cm³/mol. The van der Waals surface area contributed by atoms with Crippen molar-refractivity contribution < 1.29 is 9.84 Å². The summed E-state index contributed by atoms with van der Waals surface area (Å²) in [5, 5.41) is 9.38. The van der Waals surface area contributed by atoms with Crippen LogP contribution in [0.25, 0.3) is 0 Å². The first-order valence-corrected chi connectivity index (χ1v) is 5.92. The average Bonchev–Trinajstić information content (AvgIpc) is 2.37. The molecule has 94 valence electrons. The summed E-state index contributed by atoms with van der Waals surface area (Å²) in [5.41, 5.74) is 7.80. The maximum Gasteiger partial charge on any atom is 0.124 e. The van der Waals surface area contributed by atoms with E-state index in [-0.39, 0.29) is 11.8 Å². The molecule has 0 fully saturated rings. The number of para-hydroxylation sites is 1. The van der Waals surface area contributed by atoms with Crippen LogP contribution in [0, 0.1) is 0 Å². The van der Waals surface area contributed by atoms with Gasteiger partial charge < -0.3 is 15.6 Å². The van der Waals surface area contributed by atoms with E-state index in [1.165, 1.54) is 0 Å². The number of phenolic OH excluding ortho intramolecular Hbond substituents is 1. The van der Waals surface area contributed by atoms with Gasteiger partial charge in [-0.05, 0) is 30.7 Å². The van der Waals surface area contributed by atoms with Gasteiger partial charge >= 0.3 is 0 Å². The van der Waals surface area contributed by atoms with E-state index in [1.807, 2.05) is 37.3 Å². The van der Waals surface area contributed by atoms with Crippen LogP contribution in [0.1, 0.15) is 24.1 Å². The number of hydrogen-bond acceptors (Lipinski definition) is 3. The normalized spacial score (nSPS) is 12.1. The summed E-state index contributed by atoms with van der Waals surface area (Å²) in [6, 6.07) is 14.7. The molecule has 2 aromatic rings. The highest BCUT2D eigenvalue weighted by Gasteiger charge is 2.07. The maximum absolute atomic E-state index is 9.38. The Morgan fingerprint density at radius 1 is 1.17 bits per heavy atom. The van der Waals surface area contributed by atoms with Gasteiger partial charge in [0.15, 0.2) is 0 Å². The molecule has 3 nitrogen and oxygen atoms in total. The van der Waals surface area contributed by atoms with Crippen molar-refractivity contribution in [2.45, 2.75) is 19.6 Å². The minimum atomic E-state index is -0.0645. The van der Waals surface area contributed by atoms with Crippen molar-refractivity contribution in [1.29, 1.82) is 0 Å². The molecule has 0 bridgehead atoms. The molecular formula is C15H17NO2. The first-order chi connectivity index (χ1) is 8.66. The van der Waals surface area contributed by atoms with Crippen LogP contribution in [-0.2, 0) is 6.61 Å². The molecule has 0 amide bonds. The molecule has 0 aromatic heterocycles. The minimum Gasteiger partial charge on any atom is -0.508 e. The number of nitrogens with two attached hydrogens (primary N) is 1. The molecule has 2 aromatic carbocycles. The lowest BCUT2D eigenvalue weighted by atomic mass is 10.1. The Labute approximate surface area is 107 Å². The van der Waals surface area contributed by atoms with Crippen LogP contribution in [0.15, 0.2) is 48.5 Å². The average molecular weight is 243 g/mol. The number of aromatic hydroxyl groups is 1. The van der Waals surface area contributed by atoms with Gasteiger partial charge in [-0.25, -0.2) is 0 Å². The molecule has 1 atom stereocenters. The van der Waals surface area contributed by atoms with Gasteiger partial charge in [-0.1, -0.05) is 30.3 Å². The first-order valence-electron chi connectivity index (χ1n) is 5.92. The number of hydrogen-bond donors (Lipinski definition) is 2. The van der Waals surface area contributed by atoms with Crippen molar-refractivity contribution in [1.82, 2.24) is 0 Å². The molecule has 2 rings (SSSR count). The van der Waals surface area contributed by atoms with E-state index in [0.29, 0.717) is 6.61 Å². The van der Waals surface area contributed by atoms with Crippen LogP contribution in [0.3, 0.4) is 0 Å². The highest BCUT2D eigenvalue weighted by molar-refractivity contribution is 5.36. The maximum atomic E-state index is 9.38.